The quantitative estimate of drug-likeness (QED) is 0.723. The number of thiazole rings is 1. The Balaban J connectivity index is 1.66. The van der Waals surface area contributed by atoms with Crippen molar-refractivity contribution in [2.24, 2.45) is 5.73 Å². The third-order valence-electron chi connectivity index (χ3n) is 3.37. The van der Waals surface area contributed by atoms with Gasteiger partial charge in [-0.2, -0.15) is 0 Å². The monoisotopic (exact) mass is 311 g/mol. The van der Waals surface area contributed by atoms with Crippen molar-refractivity contribution in [1.29, 1.82) is 0 Å². The van der Waals surface area contributed by atoms with Crippen molar-refractivity contribution in [3.63, 3.8) is 0 Å². The number of hydrogen-bond donors (Lipinski definition) is 3. The Morgan fingerprint density at radius 2 is 2.19 bits per heavy atom. The molecule has 1 saturated heterocycles. The summed E-state index contributed by atoms with van der Waals surface area (Å²) in [6.45, 7) is 4.23. The average molecular weight is 311 g/mol. The zero-order chi connectivity index (χ0) is 15.2. The first-order chi connectivity index (χ1) is 10.0. The zero-order valence-electron chi connectivity index (χ0n) is 12.1. The lowest BCUT2D eigenvalue weighted by Crippen LogP contribution is -2.49. The van der Waals surface area contributed by atoms with Gasteiger partial charge in [-0.15, -0.1) is 11.3 Å². The number of rotatable bonds is 5. The average Bonchev–Trinajstić information content (AvgIpc) is 2.84. The van der Waals surface area contributed by atoms with Gasteiger partial charge in [0.1, 0.15) is 5.01 Å². The molecule has 0 spiro atoms. The molecule has 21 heavy (non-hydrogen) atoms. The van der Waals surface area contributed by atoms with Crippen molar-refractivity contribution in [1.82, 2.24) is 20.5 Å². The van der Waals surface area contributed by atoms with Crippen molar-refractivity contribution in [2.45, 2.75) is 32.4 Å². The summed E-state index contributed by atoms with van der Waals surface area (Å²) in [6.07, 6.45) is 1.66. The van der Waals surface area contributed by atoms with Gasteiger partial charge in [-0.3, -0.25) is 9.69 Å². The Kier molecular flexibility index (Phi) is 5.51. The van der Waals surface area contributed by atoms with E-state index in [1.165, 1.54) is 11.3 Å². The van der Waals surface area contributed by atoms with Gasteiger partial charge in [0.05, 0.1) is 13.1 Å². The number of aromatic nitrogens is 1. The van der Waals surface area contributed by atoms with Gasteiger partial charge in [-0.05, 0) is 19.8 Å². The fourth-order valence-corrected chi connectivity index (χ4v) is 3.04. The summed E-state index contributed by atoms with van der Waals surface area (Å²) in [5.41, 5.74) is 6.14. The number of nitrogens with two attached hydrogens (primary N) is 1. The topological polar surface area (TPSA) is 100 Å². The van der Waals surface area contributed by atoms with Crippen LogP contribution in [0.5, 0.6) is 0 Å². The molecule has 3 amide bonds. The zero-order valence-corrected chi connectivity index (χ0v) is 12.9. The van der Waals surface area contributed by atoms with E-state index in [0.29, 0.717) is 13.1 Å². The molecular weight excluding hydrogens is 290 g/mol. The molecule has 0 aromatic carbocycles. The number of nitrogens with one attached hydrogen (secondary N) is 2. The molecule has 116 valence electrons. The van der Waals surface area contributed by atoms with Gasteiger partial charge in [0.15, 0.2) is 0 Å². The van der Waals surface area contributed by atoms with Crippen LogP contribution in [0.3, 0.4) is 0 Å². The summed E-state index contributed by atoms with van der Waals surface area (Å²) in [6, 6.07) is -0.0247. The summed E-state index contributed by atoms with van der Waals surface area (Å²) < 4.78 is 0. The molecular formula is C13H21N5O2S. The standard InChI is InChI=1S/C13H21N5O2S/c1-9-8-21-12(16-9)6-15-13(20)17-10-2-4-18(5-3-10)7-11(14)19/h8,10H,2-7H2,1H3,(H2,14,19)(H2,15,17,20). The number of urea groups is 1. The number of hydrogen-bond acceptors (Lipinski definition) is 5. The molecule has 0 atom stereocenters. The molecule has 2 rings (SSSR count). The van der Waals surface area contributed by atoms with E-state index in [4.69, 9.17) is 5.73 Å². The van der Waals surface area contributed by atoms with Gasteiger partial charge >= 0.3 is 6.03 Å². The lowest BCUT2D eigenvalue weighted by molar-refractivity contribution is -0.119. The van der Waals surface area contributed by atoms with Crippen LogP contribution in [0.4, 0.5) is 4.79 Å². The summed E-state index contributed by atoms with van der Waals surface area (Å²) >= 11 is 1.54. The highest BCUT2D eigenvalue weighted by molar-refractivity contribution is 7.09. The van der Waals surface area contributed by atoms with E-state index < -0.39 is 0 Å². The summed E-state index contributed by atoms with van der Waals surface area (Å²) in [5, 5.41) is 8.63. The van der Waals surface area contributed by atoms with E-state index >= 15 is 0 Å². The molecule has 8 heteroatoms. The van der Waals surface area contributed by atoms with Crippen LogP contribution < -0.4 is 16.4 Å². The number of carbonyl (C=O) groups is 2. The van der Waals surface area contributed by atoms with Gasteiger partial charge in [0, 0.05) is 30.2 Å². The highest BCUT2D eigenvalue weighted by Gasteiger charge is 2.21. The maximum absolute atomic E-state index is 11.8. The lowest BCUT2D eigenvalue weighted by atomic mass is 10.1. The minimum absolute atomic E-state index is 0.146. The van der Waals surface area contributed by atoms with E-state index in [1.54, 1.807) is 0 Å². The number of primary amides is 1. The number of likely N-dealkylation sites (tertiary alicyclic amines) is 1. The van der Waals surface area contributed by atoms with Gasteiger partial charge < -0.3 is 16.4 Å². The SMILES string of the molecule is Cc1csc(CNC(=O)NC2CCN(CC(N)=O)CC2)n1. The molecule has 1 fully saturated rings. The fraction of sp³-hybridized carbons (Fsp3) is 0.615. The number of piperidine rings is 1. The van der Waals surface area contributed by atoms with E-state index in [0.717, 1.165) is 36.6 Å². The first-order valence-corrected chi connectivity index (χ1v) is 7.87. The fourth-order valence-electron chi connectivity index (χ4n) is 2.33. The number of nitrogens with zero attached hydrogens (tertiary/aromatic N) is 2. The molecule has 1 aliphatic heterocycles. The molecule has 1 aromatic heterocycles. The highest BCUT2D eigenvalue weighted by Crippen LogP contribution is 2.10. The van der Waals surface area contributed by atoms with E-state index in [9.17, 15) is 9.59 Å². The van der Waals surface area contributed by atoms with Crippen LogP contribution in [0.25, 0.3) is 0 Å². The van der Waals surface area contributed by atoms with Crippen molar-refractivity contribution >= 4 is 23.3 Å². The second kappa shape index (κ2) is 7.37. The van der Waals surface area contributed by atoms with Gasteiger partial charge in [-0.1, -0.05) is 0 Å². The molecule has 0 saturated carbocycles. The molecule has 4 N–H and O–H groups in total. The number of carbonyl (C=O) groups excluding carboxylic acids is 2. The highest BCUT2D eigenvalue weighted by atomic mass is 32.1. The van der Waals surface area contributed by atoms with Crippen molar-refractivity contribution in [2.75, 3.05) is 19.6 Å². The Hall–Kier alpha value is -1.67. The van der Waals surface area contributed by atoms with E-state index in [-0.39, 0.29) is 18.0 Å². The van der Waals surface area contributed by atoms with E-state index in [2.05, 4.69) is 15.6 Å². The van der Waals surface area contributed by atoms with E-state index in [1.807, 2.05) is 17.2 Å². The second-order valence-corrected chi connectivity index (χ2v) is 6.17. The summed E-state index contributed by atoms with van der Waals surface area (Å²) in [5.74, 6) is -0.308. The molecule has 7 nitrogen and oxygen atoms in total. The van der Waals surface area contributed by atoms with Crippen molar-refractivity contribution < 1.29 is 9.59 Å². The minimum Gasteiger partial charge on any atom is -0.369 e. The smallest absolute Gasteiger partial charge is 0.315 e. The maximum Gasteiger partial charge on any atom is 0.315 e. The molecule has 0 unspecified atom stereocenters. The molecule has 0 bridgehead atoms. The third kappa shape index (κ3) is 5.31. The van der Waals surface area contributed by atoms with Crippen LogP contribution >= 0.6 is 11.3 Å². The van der Waals surface area contributed by atoms with Crippen molar-refractivity contribution in [3.8, 4) is 0 Å². The predicted molar refractivity (Wildman–Crippen MR) is 80.9 cm³/mol. The number of amides is 3. The maximum atomic E-state index is 11.8. The third-order valence-corrected chi connectivity index (χ3v) is 4.34. The van der Waals surface area contributed by atoms with Crippen LogP contribution in [-0.2, 0) is 11.3 Å². The van der Waals surface area contributed by atoms with Crippen LogP contribution in [-0.4, -0.2) is 47.5 Å². The van der Waals surface area contributed by atoms with Crippen LogP contribution in [0, 0.1) is 6.92 Å². The predicted octanol–water partition coefficient (Wildman–Crippen LogP) is 0.200. The lowest BCUT2D eigenvalue weighted by Gasteiger charge is -2.31. The van der Waals surface area contributed by atoms with Crippen LogP contribution in [0.2, 0.25) is 0 Å². The molecule has 0 aliphatic carbocycles. The Morgan fingerprint density at radius 1 is 1.48 bits per heavy atom. The van der Waals surface area contributed by atoms with Gasteiger partial charge in [0.25, 0.3) is 0 Å². The van der Waals surface area contributed by atoms with Gasteiger partial charge in [-0.25, -0.2) is 9.78 Å². The molecule has 2 heterocycles. The first-order valence-electron chi connectivity index (χ1n) is 6.99. The second-order valence-electron chi connectivity index (χ2n) is 5.23. The van der Waals surface area contributed by atoms with Crippen LogP contribution in [0.15, 0.2) is 5.38 Å². The largest absolute Gasteiger partial charge is 0.369 e. The number of aryl methyl sites for hydroxylation is 1. The minimum atomic E-state index is -0.308. The molecule has 1 aromatic rings. The molecule has 1 aliphatic rings. The Bertz CT molecular complexity index is 497. The summed E-state index contributed by atoms with van der Waals surface area (Å²) in [4.78, 5) is 29.0. The van der Waals surface area contributed by atoms with Crippen molar-refractivity contribution in [3.05, 3.63) is 16.1 Å². The normalized spacial score (nSPS) is 16.6. The Labute approximate surface area is 127 Å². The first kappa shape index (κ1) is 15.7. The van der Waals surface area contributed by atoms with Crippen LogP contribution in [0.1, 0.15) is 23.5 Å². The summed E-state index contributed by atoms with van der Waals surface area (Å²) in [7, 11) is 0. The van der Waals surface area contributed by atoms with Gasteiger partial charge in [0.2, 0.25) is 5.91 Å². The Morgan fingerprint density at radius 3 is 2.76 bits per heavy atom. The molecule has 0 radical (unpaired) electrons.